The first kappa shape index (κ1) is 35.1. The van der Waals surface area contributed by atoms with Crippen molar-refractivity contribution in [1.82, 2.24) is 10.4 Å². The lowest BCUT2D eigenvalue weighted by Crippen LogP contribution is -2.69. The van der Waals surface area contributed by atoms with Crippen LogP contribution in [-0.2, 0) is 60.0 Å². The van der Waals surface area contributed by atoms with Crippen molar-refractivity contribution in [2.24, 2.45) is 10.8 Å². The number of benzene rings is 3. The fourth-order valence-electron chi connectivity index (χ4n) is 8.28. The standard InChI is InChI=1S/C40H40N2O11/c1-38(2)23-48-36(46)34(38)50-29(44)18-17-24-11-9-10-12-25(24)22-42-32-35(45)49-28-21-39(32,37(47)41-19-20-43)33(53-42)31-30(28)51-40(52-31,26-13-5-3-6-14-26)27-15-7-4-8-16-27/h3-18,28,30-34,43H,19-23H2,1-2H3,(H,41,47). The van der Waals surface area contributed by atoms with E-state index in [1.165, 1.54) is 11.1 Å². The zero-order chi connectivity index (χ0) is 37.0. The van der Waals surface area contributed by atoms with Gasteiger partial charge in [0, 0.05) is 35.6 Å². The molecule has 4 saturated heterocycles. The quantitative estimate of drug-likeness (QED) is 0.179. The molecule has 2 N–H and O–H groups in total. The van der Waals surface area contributed by atoms with E-state index in [1.807, 2.05) is 72.8 Å². The summed E-state index contributed by atoms with van der Waals surface area (Å²) >= 11 is 0. The number of hydroxylamine groups is 2. The van der Waals surface area contributed by atoms with E-state index in [0.717, 1.165) is 11.1 Å². The normalized spacial score (nSPS) is 30.8. The second-order valence-corrected chi connectivity index (χ2v) is 14.7. The molecule has 4 heterocycles. The third-order valence-electron chi connectivity index (χ3n) is 10.8. The number of aliphatic hydroxyl groups is 1. The molecule has 3 aromatic rings. The summed E-state index contributed by atoms with van der Waals surface area (Å²) in [7, 11) is 0. The van der Waals surface area contributed by atoms with Gasteiger partial charge in [-0.3, -0.25) is 14.4 Å². The van der Waals surface area contributed by atoms with Gasteiger partial charge in [0.05, 0.1) is 13.2 Å². The minimum atomic E-state index is -1.46. The van der Waals surface area contributed by atoms with E-state index in [-0.39, 0.29) is 32.7 Å². The number of fused-ring (bicyclic) bond motifs is 4. The van der Waals surface area contributed by atoms with Gasteiger partial charge in [-0.05, 0) is 17.2 Å². The van der Waals surface area contributed by atoms with Gasteiger partial charge >= 0.3 is 17.9 Å². The summed E-state index contributed by atoms with van der Waals surface area (Å²) in [4.78, 5) is 60.1. The molecule has 13 heteroatoms. The Morgan fingerprint density at radius 2 is 1.58 bits per heavy atom. The molecule has 0 radical (unpaired) electrons. The molecular formula is C40H40N2O11. The smallest absolute Gasteiger partial charge is 0.348 e. The van der Waals surface area contributed by atoms with Crippen LogP contribution in [0.2, 0.25) is 0 Å². The van der Waals surface area contributed by atoms with Gasteiger partial charge in [-0.2, -0.15) is 5.06 Å². The molecule has 276 valence electrons. The number of carbonyl (C=O) groups excluding carboxylic acids is 4. The van der Waals surface area contributed by atoms with Crippen LogP contribution in [0.4, 0.5) is 0 Å². The van der Waals surface area contributed by atoms with E-state index in [1.54, 1.807) is 32.1 Å². The van der Waals surface area contributed by atoms with Gasteiger partial charge in [0.2, 0.25) is 17.8 Å². The molecule has 1 saturated carbocycles. The van der Waals surface area contributed by atoms with Crippen LogP contribution in [0.5, 0.6) is 0 Å². The van der Waals surface area contributed by atoms with Crippen molar-refractivity contribution >= 4 is 29.9 Å². The highest BCUT2D eigenvalue weighted by Gasteiger charge is 2.76. The Hall–Kier alpha value is -4.92. The van der Waals surface area contributed by atoms with Crippen molar-refractivity contribution < 1.29 is 52.8 Å². The highest BCUT2D eigenvalue weighted by molar-refractivity contribution is 5.94. The van der Waals surface area contributed by atoms with Crippen LogP contribution in [0.1, 0.15) is 42.5 Å². The molecule has 7 atom stereocenters. The SMILES string of the molecule is CC1(C)COC(=O)C1OC(=O)C=Cc1ccccc1CN1OC2C3OC(c4ccccc4)(c4ccccc4)OC3C3CC2(C(=O)NCCO)C1C(=O)O3. The Balaban J connectivity index is 1.13. The average molecular weight is 725 g/mol. The lowest BCUT2D eigenvalue weighted by Gasteiger charge is -2.48. The summed E-state index contributed by atoms with van der Waals surface area (Å²) in [6.45, 7) is 3.42. The highest BCUT2D eigenvalue weighted by Crippen LogP contribution is 2.59. The van der Waals surface area contributed by atoms with Crippen molar-refractivity contribution in [1.29, 1.82) is 0 Å². The van der Waals surface area contributed by atoms with Crippen molar-refractivity contribution in [3.05, 3.63) is 113 Å². The summed E-state index contributed by atoms with van der Waals surface area (Å²) in [5, 5.41) is 13.9. The van der Waals surface area contributed by atoms with E-state index in [0.29, 0.717) is 11.1 Å². The number of amides is 1. The number of hydrogen-bond acceptors (Lipinski definition) is 12. The van der Waals surface area contributed by atoms with Crippen LogP contribution >= 0.6 is 0 Å². The number of hydrogen-bond donors (Lipinski definition) is 2. The molecule has 7 unspecified atom stereocenters. The largest absolute Gasteiger partial charge is 0.462 e. The maximum absolute atomic E-state index is 14.3. The summed E-state index contributed by atoms with van der Waals surface area (Å²) in [6, 6.07) is 25.0. The maximum Gasteiger partial charge on any atom is 0.348 e. The van der Waals surface area contributed by atoms with Crippen LogP contribution < -0.4 is 5.32 Å². The number of carbonyl (C=O) groups is 4. The van der Waals surface area contributed by atoms with E-state index < -0.39 is 77.0 Å². The van der Waals surface area contributed by atoms with Crippen molar-refractivity contribution in [2.45, 2.75) is 69.2 Å². The van der Waals surface area contributed by atoms with Crippen LogP contribution in [0.25, 0.3) is 6.08 Å². The Labute approximate surface area is 305 Å². The molecule has 5 fully saturated rings. The monoisotopic (exact) mass is 724 g/mol. The second-order valence-electron chi connectivity index (χ2n) is 14.7. The summed E-state index contributed by atoms with van der Waals surface area (Å²) < 4.78 is 30.5. The van der Waals surface area contributed by atoms with Crippen LogP contribution in [0, 0.1) is 10.8 Å². The molecule has 13 nitrogen and oxygen atoms in total. The third-order valence-corrected chi connectivity index (χ3v) is 10.8. The van der Waals surface area contributed by atoms with E-state index in [2.05, 4.69) is 5.32 Å². The van der Waals surface area contributed by atoms with Crippen LogP contribution in [-0.4, -0.2) is 90.3 Å². The number of nitrogens with zero attached hydrogens (tertiary/aromatic N) is 1. The molecular weight excluding hydrogens is 684 g/mol. The van der Waals surface area contributed by atoms with Crippen molar-refractivity contribution in [3.63, 3.8) is 0 Å². The maximum atomic E-state index is 14.3. The van der Waals surface area contributed by atoms with E-state index in [9.17, 15) is 24.3 Å². The third kappa shape index (κ3) is 5.83. The Morgan fingerprint density at radius 3 is 2.25 bits per heavy atom. The van der Waals surface area contributed by atoms with E-state index >= 15 is 0 Å². The van der Waals surface area contributed by atoms with Crippen LogP contribution in [0.3, 0.4) is 0 Å². The van der Waals surface area contributed by atoms with Gasteiger partial charge in [-0.15, -0.1) is 0 Å². The molecule has 1 aliphatic carbocycles. The highest BCUT2D eigenvalue weighted by atomic mass is 16.8. The molecule has 2 bridgehead atoms. The minimum absolute atomic E-state index is 0.0221. The first-order valence-corrected chi connectivity index (χ1v) is 17.7. The Bertz CT molecular complexity index is 1900. The Morgan fingerprint density at radius 1 is 0.925 bits per heavy atom. The molecule has 4 aliphatic heterocycles. The molecule has 0 aromatic heterocycles. The first-order chi connectivity index (χ1) is 25.6. The summed E-state index contributed by atoms with van der Waals surface area (Å²) in [6.07, 6.45) is -1.60. The molecule has 5 aliphatic rings. The van der Waals surface area contributed by atoms with Gasteiger partial charge in [0.1, 0.15) is 36.4 Å². The van der Waals surface area contributed by atoms with Gasteiger partial charge in [-0.25, -0.2) is 9.59 Å². The van der Waals surface area contributed by atoms with Crippen molar-refractivity contribution in [2.75, 3.05) is 19.8 Å². The lowest BCUT2D eigenvalue weighted by molar-refractivity contribution is -0.213. The fourth-order valence-corrected chi connectivity index (χ4v) is 8.28. The van der Waals surface area contributed by atoms with Crippen molar-refractivity contribution in [3.8, 4) is 0 Å². The summed E-state index contributed by atoms with van der Waals surface area (Å²) in [5.74, 6) is -3.82. The van der Waals surface area contributed by atoms with E-state index in [4.69, 9.17) is 28.5 Å². The fraction of sp³-hybridized carbons (Fsp3) is 0.400. The number of cyclic esters (lactones) is 1. The Kier molecular flexibility index (Phi) is 8.94. The first-order valence-electron chi connectivity index (χ1n) is 17.7. The predicted octanol–water partition coefficient (Wildman–Crippen LogP) is 2.79. The molecule has 0 spiro atoms. The number of rotatable bonds is 10. The second kappa shape index (κ2) is 13.5. The molecule has 3 aromatic carbocycles. The zero-order valence-corrected chi connectivity index (χ0v) is 29.2. The molecule has 53 heavy (non-hydrogen) atoms. The van der Waals surface area contributed by atoms with Gasteiger partial charge < -0.3 is 34.1 Å². The van der Waals surface area contributed by atoms with Crippen LogP contribution in [0.15, 0.2) is 91.0 Å². The average Bonchev–Trinajstić information content (AvgIpc) is 3.82. The predicted molar refractivity (Wildman–Crippen MR) is 185 cm³/mol. The number of ether oxygens (including phenoxy) is 5. The summed E-state index contributed by atoms with van der Waals surface area (Å²) in [5.41, 5.74) is 0.603. The lowest BCUT2D eigenvalue weighted by atomic mass is 9.62. The van der Waals surface area contributed by atoms with Gasteiger partial charge in [-0.1, -0.05) is 98.8 Å². The number of esters is 3. The zero-order valence-electron chi connectivity index (χ0n) is 29.2. The number of nitrogens with one attached hydrogen (secondary N) is 1. The van der Waals surface area contributed by atoms with Gasteiger partial charge in [0.25, 0.3) is 0 Å². The topological polar surface area (TPSA) is 159 Å². The minimum Gasteiger partial charge on any atom is -0.462 e. The van der Waals surface area contributed by atoms with Gasteiger partial charge in [0.15, 0.2) is 6.04 Å². The number of aliphatic hydroxyl groups excluding tert-OH is 1. The molecule has 1 amide bonds. The molecule has 8 rings (SSSR count).